The molecular weight excluding hydrogens is 320 g/mol. The molecule has 0 aromatic carbocycles. The number of hydrogen-bond donors (Lipinski definition) is 1. The van der Waals surface area contributed by atoms with E-state index in [4.69, 9.17) is 11.6 Å². The minimum atomic E-state index is -1.28. The summed E-state index contributed by atoms with van der Waals surface area (Å²) in [6.45, 7) is 9.42. The topological polar surface area (TPSA) is 78.7 Å². The first-order valence-electron chi connectivity index (χ1n) is 7.12. The first kappa shape index (κ1) is 17.3. The number of aryl methyl sites for hydroxylation is 1. The zero-order valence-corrected chi connectivity index (χ0v) is 15.1. The molecular formula is C15H21ClN4OS. The van der Waals surface area contributed by atoms with Crippen LogP contribution in [-0.4, -0.2) is 18.9 Å². The van der Waals surface area contributed by atoms with Gasteiger partial charge in [-0.15, -0.1) is 0 Å². The van der Waals surface area contributed by atoms with Crippen LogP contribution >= 0.6 is 11.6 Å². The van der Waals surface area contributed by atoms with Crippen molar-refractivity contribution < 1.29 is 4.21 Å². The first-order valence-corrected chi connectivity index (χ1v) is 8.65. The Morgan fingerprint density at radius 1 is 1.45 bits per heavy atom. The predicted molar refractivity (Wildman–Crippen MR) is 87.4 cm³/mol. The fourth-order valence-electron chi connectivity index (χ4n) is 2.65. The molecule has 1 fully saturated rings. The third-order valence-corrected chi connectivity index (χ3v) is 5.91. The molecule has 120 valence electrons. The second-order valence-corrected chi connectivity index (χ2v) is 9.59. The molecule has 1 saturated carbocycles. The maximum absolute atomic E-state index is 12.5. The molecule has 1 aliphatic carbocycles. The number of rotatable bonds is 3. The Kier molecular flexibility index (Phi) is 4.37. The van der Waals surface area contributed by atoms with Gasteiger partial charge in [0.2, 0.25) is 0 Å². The maximum Gasteiger partial charge on any atom is 0.149 e. The van der Waals surface area contributed by atoms with E-state index >= 15 is 0 Å². The van der Waals surface area contributed by atoms with Crippen molar-refractivity contribution in [2.45, 2.75) is 57.7 Å². The zero-order chi connectivity index (χ0) is 16.8. The number of aromatic nitrogens is 2. The molecule has 22 heavy (non-hydrogen) atoms. The summed E-state index contributed by atoms with van der Waals surface area (Å²) >= 11 is 6.00. The Hall–Kier alpha value is -1.03. The molecule has 1 aliphatic rings. The summed E-state index contributed by atoms with van der Waals surface area (Å²) in [4.78, 5) is 8.77. The number of nitrogens with zero attached hydrogens (tertiary/aromatic N) is 3. The van der Waals surface area contributed by atoms with Gasteiger partial charge in [0.05, 0.1) is 43.5 Å². The molecule has 0 radical (unpaired) electrons. The van der Waals surface area contributed by atoms with Gasteiger partial charge in [0.25, 0.3) is 0 Å². The van der Waals surface area contributed by atoms with Crippen LogP contribution < -0.4 is 4.72 Å². The van der Waals surface area contributed by atoms with Crippen molar-refractivity contribution in [2.75, 3.05) is 0 Å². The third kappa shape index (κ3) is 3.17. The number of nitriles is 1. The molecule has 0 bridgehead atoms. The van der Waals surface area contributed by atoms with E-state index in [1.54, 1.807) is 6.20 Å². The van der Waals surface area contributed by atoms with Gasteiger partial charge in [-0.05, 0) is 47.5 Å². The van der Waals surface area contributed by atoms with Gasteiger partial charge in [0.15, 0.2) is 0 Å². The summed E-state index contributed by atoms with van der Waals surface area (Å²) in [5.41, 5.74) is -0.413. The second-order valence-electron chi connectivity index (χ2n) is 7.22. The van der Waals surface area contributed by atoms with Crippen LogP contribution in [-0.2, 0) is 16.5 Å². The van der Waals surface area contributed by atoms with Crippen LogP contribution in [0.2, 0.25) is 5.02 Å². The Morgan fingerprint density at radius 2 is 2.05 bits per heavy atom. The Labute approximate surface area is 139 Å². The van der Waals surface area contributed by atoms with Gasteiger partial charge in [-0.1, -0.05) is 11.6 Å². The van der Waals surface area contributed by atoms with Crippen molar-refractivity contribution >= 4 is 22.6 Å². The lowest BCUT2D eigenvalue weighted by atomic mass is 9.59. The molecule has 5 nitrogen and oxygen atoms in total. The standard InChI is InChI=1S/C15H21ClN4OS/c1-10-11(16)6-18-12(19-10)15(7-14(5,8-15)9-17)20-22(21)13(2,3)4/h6,20H,7-8H2,1-5H3/t14?,15?,22-/m0/s1. The second kappa shape index (κ2) is 5.55. The normalized spacial score (nSPS) is 29.5. The summed E-state index contributed by atoms with van der Waals surface area (Å²) < 4.78 is 15.3. The molecule has 7 heteroatoms. The van der Waals surface area contributed by atoms with Crippen LogP contribution in [0.1, 0.15) is 52.1 Å². The molecule has 0 saturated heterocycles. The van der Waals surface area contributed by atoms with E-state index in [1.165, 1.54) is 0 Å². The summed E-state index contributed by atoms with van der Waals surface area (Å²) in [5.74, 6) is 0.555. The fraction of sp³-hybridized carbons (Fsp3) is 0.667. The van der Waals surface area contributed by atoms with Crippen LogP contribution in [0.3, 0.4) is 0 Å². The number of halogens is 1. The molecule has 2 rings (SSSR count). The maximum atomic E-state index is 12.5. The highest BCUT2D eigenvalue weighted by Crippen LogP contribution is 2.53. The summed E-state index contributed by atoms with van der Waals surface area (Å²) in [7, 11) is -1.28. The van der Waals surface area contributed by atoms with E-state index in [0.29, 0.717) is 29.4 Å². The van der Waals surface area contributed by atoms with Crippen molar-refractivity contribution in [3.05, 3.63) is 22.7 Å². The van der Waals surface area contributed by atoms with Crippen LogP contribution in [0.4, 0.5) is 0 Å². The highest BCUT2D eigenvalue weighted by atomic mass is 35.5. The molecule has 0 spiro atoms. The average Bonchev–Trinajstić information content (AvgIpc) is 2.38. The molecule has 1 heterocycles. The first-order chi connectivity index (χ1) is 10.0. The lowest BCUT2D eigenvalue weighted by Gasteiger charge is -2.50. The van der Waals surface area contributed by atoms with E-state index in [9.17, 15) is 9.47 Å². The van der Waals surface area contributed by atoms with Gasteiger partial charge in [-0.2, -0.15) is 5.26 Å². The monoisotopic (exact) mass is 340 g/mol. The van der Waals surface area contributed by atoms with Crippen molar-refractivity contribution in [3.63, 3.8) is 0 Å². The van der Waals surface area contributed by atoms with Crippen LogP contribution in [0, 0.1) is 23.7 Å². The highest BCUT2D eigenvalue weighted by molar-refractivity contribution is 7.84. The number of hydrogen-bond acceptors (Lipinski definition) is 4. The minimum absolute atomic E-state index is 0.410. The predicted octanol–water partition coefficient (Wildman–Crippen LogP) is 3.01. The van der Waals surface area contributed by atoms with Gasteiger partial charge in [0.1, 0.15) is 5.82 Å². The smallest absolute Gasteiger partial charge is 0.149 e. The molecule has 0 unspecified atom stereocenters. The molecule has 1 aromatic heterocycles. The van der Waals surface area contributed by atoms with E-state index in [1.807, 2.05) is 34.6 Å². The van der Waals surface area contributed by atoms with Crippen molar-refractivity contribution in [1.29, 1.82) is 5.26 Å². The summed E-state index contributed by atoms with van der Waals surface area (Å²) in [6, 6.07) is 2.32. The van der Waals surface area contributed by atoms with Crippen LogP contribution in [0.15, 0.2) is 6.20 Å². The van der Waals surface area contributed by atoms with Gasteiger partial charge < -0.3 is 0 Å². The van der Waals surface area contributed by atoms with E-state index < -0.39 is 26.7 Å². The Bertz CT molecular complexity index is 656. The third-order valence-electron chi connectivity index (χ3n) is 3.85. The largest absolute Gasteiger partial charge is 0.242 e. The molecule has 0 aliphatic heterocycles. The number of nitrogens with one attached hydrogen (secondary N) is 1. The average molecular weight is 341 g/mol. The SMILES string of the molecule is Cc1nc(C2(N[S@@](=O)C(C)(C)C)CC(C)(C#N)C2)ncc1Cl. The quantitative estimate of drug-likeness (QED) is 0.917. The van der Waals surface area contributed by atoms with Gasteiger partial charge in [-0.25, -0.2) is 18.9 Å². The molecule has 0 amide bonds. The lowest BCUT2D eigenvalue weighted by molar-refractivity contribution is 0.0739. The molecule has 1 N–H and O–H groups in total. The summed E-state index contributed by atoms with van der Waals surface area (Å²) in [5, 5.41) is 9.80. The van der Waals surface area contributed by atoms with Gasteiger partial charge in [-0.3, -0.25) is 0 Å². The lowest BCUT2D eigenvalue weighted by Crippen LogP contribution is -2.59. The summed E-state index contributed by atoms with van der Waals surface area (Å²) in [6.07, 6.45) is 2.61. The Balaban J connectivity index is 2.38. The highest BCUT2D eigenvalue weighted by Gasteiger charge is 2.56. The van der Waals surface area contributed by atoms with Crippen molar-refractivity contribution in [3.8, 4) is 6.07 Å². The minimum Gasteiger partial charge on any atom is -0.242 e. The van der Waals surface area contributed by atoms with Crippen LogP contribution in [0.5, 0.6) is 0 Å². The molecule has 1 atom stereocenters. The van der Waals surface area contributed by atoms with E-state index in [0.717, 1.165) is 0 Å². The fourth-order valence-corrected chi connectivity index (χ4v) is 3.64. The zero-order valence-electron chi connectivity index (χ0n) is 13.5. The Morgan fingerprint density at radius 3 is 2.50 bits per heavy atom. The van der Waals surface area contributed by atoms with Gasteiger partial charge >= 0.3 is 0 Å². The van der Waals surface area contributed by atoms with Gasteiger partial charge in [0, 0.05) is 6.20 Å². The molecule has 1 aromatic rings. The van der Waals surface area contributed by atoms with Crippen molar-refractivity contribution in [2.24, 2.45) is 5.41 Å². The van der Waals surface area contributed by atoms with Crippen LogP contribution in [0.25, 0.3) is 0 Å². The van der Waals surface area contributed by atoms with Crippen molar-refractivity contribution in [1.82, 2.24) is 14.7 Å². The van der Waals surface area contributed by atoms with E-state index in [2.05, 4.69) is 20.8 Å². The van der Waals surface area contributed by atoms with E-state index in [-0.39, 0.29) is 0 Å².